The molecule has 0 bridgehead atoms. The van der Waals surface area contributed by atoms with E-state index in [1.54, 1.807) is 0 Å². The Bertz CT molecular complexity index is 903. The Balaban J connectivity index is 1.65. The van der Waals surface area contributed by atoms with Crippen LogP contribution in [-0.4, -0.2) is 43.6 Å². The first kappa shape index (κ1) is 20.2. The fourth-order valence-electron chi connectivity index (χ4n) is 4.21. The number of hydrogen-bond donors (Lipinski definition) is 2. The van der Waals surface area contributed by atoms with Crippen LogP contribution < -0.4 is 20.1 Å². The molecule has 0 aromatic heterocycles. The van der Waals surface area contributed by atoms with E-state index in [1.807, 2.05) is 42.5 Å². The fourth-order valence-corrected chi connectivity index (χ4v) is 4.21. The van der Waals surface area contributed by atoms with Crippen LogP contribution in [0.5, 0.6) is 11.5 Å². The fraction of sp³-hybridized carbons (Fsp3) is 0.391. The van der Waals surface area contributed by atoms with Crippen molar-refractivity contribution in [2.24, 2.45) is 0 Å². The zero-order chi connectivity index (χ0) is 20.9. The molecule has 2 aromatic rings. The molecule has 0 spiro atoms. The van der Waals surface area contributed by atoms with Gasteiger partial charge in [-0.15, -0.1) is 0 Å². The molecular formula is C23H27N3O4. The number of nitrogens with zero attached hydrogens (tertiary/aromatic N) is 1. The van der Waals surface area contributed by atoms with Gasteiger partial charge in [0, 0.05) is 19.5 Å². The number of carbonyl (C=O) groups excluding carboxylic acids is 2. The van der Waals surface area contributed by atoms with E-state index < -0.39 is 12.1 Å². The number of likely N-dealkylation sites (tertiary alicyclic amines) is 1. The monoisotopic (exact) mass is 409 g/mol. The molecule has 4 rings (SSSR count). The maximum absolute atomic E-state index is 13.1. The SMILES string of the molecule is CNC(=O)NC(=O)[C@H](c1ccccc1)N1CCC[C@@H]1c1ccc2c(c1)OCCCO2. The highest BCUT2D eigenvalue weighted by Gasteiger charge is 2.37. The zero-order valence-electron chi connectivity index (χ0n) is 17.1. The minimum Gasteiger partial charge on any atom is -0.490 e. The van der Waals surface area contributed by atoms with E-state index >= 15 is 0 Å². The first-order chi connectivity index (χ1) is 14.7. The first-order valence-corrected chi connectivity index (χ1v) is 10.4. The highest BCUT2D eigenvalue weighted by atomic mass is 16.5. The summed E-state index contributed by atoms with van der Waals surface area (Å²) in [7, 11) is 1.50. The summed E-state index contributed by atoms with van der Waals surface area (Å²) < 4.78 is 11.6. The molecule has 1 saturated heterocycles. The van der Waals surface area contributed by atoms with E-state index in [0.29, 0.717) is 13.2 Å². The van der Waals surface area contributed by atoms with Crippen LogP contribution >= 0.6 is 0 Å². The average molecular weight is 409 g/mol. The smallest absolute Gasteiger partial charge is 0.321 e. The minimum absolute atomic E-state index is 0.0443. The molecule has 2 aromatic carbocycles. The van der Waals surface area contributed by atoms with Crippen molar-refractivity contribution in [3.63, 3.8) is 0 Å². The third-order valence-corrected chi connectivity index (χ3v) is 5.61. The molecule has 0 saturated carbocycles. The van der Waals surface area contributed by atoms with E-state index in [4.69, 9.17) is 9.47 Å². The third kappa shape index (κ3) is 4.26. The predicted molar refractivity (Wildman–Crippen MR) is 113 cm³/mol. The van der Waals surface area contributed by atoms with E-state index in [2.05, 4.69) is 21.6 Å². The number of fused-ring (bicyclic) bond motifs is 1. The number of hydrogen-bond acceptors (Lipinski definition) is 5. The summed E-state index contributed by atoms with van der Waals surface area (Å²) in [6, 6.07) is 14.6. The summed E-state index contributed by atoms with van der Waals surface area (Å²) in [5.74, 6) is 1.18. The minimum atomic E-state index is -0.563. The van der Waals surface area contributed by atoms with Crippen LogP contribution in [0.25, 0.3) is 0 Å². The van der Waals surface area contributed by atoms with Gasteiger partial charge in [-0.25, -0.2) is 4.79 Å². The largest absolute Gasteiger partial charge is 0.490 e. The second-order valence-electron chi connectivity index (χ2n) is 7.53. The molecule has 158 valence electrons. The van der Waals surface area contributed by atoms with E-state index in [1.165, 1.54) is 7.05 Å². The van der Waals surface area contributed by atoms with Gasteiger partial charge in [0.1, 0.15) is 6.04 Å². The summed E-state index contributed by atoms with van der Waals surface area (Å²) in [6.07, 6.45) is 2.75. The molecular weight excluding hydrogens is 382 g/mol. The van der Waals surface area contributed by atoms with Crippen molar-refractivity contribution < 1.29 is 19.1 Å². The van der Waals surface area contributed by atoms with Gasteiger partial charge in [-0.3, -0.25) is 15.0 Å². The number of imide groups is 1. The van der Waals surface area contributed by atoms with Crippen LogP contribution in [0.4, 0.5) is 4.79 Å². The predicted octanol–water partition coefficient (Wildman–Crippen LogP) is 3.18. The third-order valence-electron chi connectivity index (χ3n) is 5.61. The average Bonchev–Trinajstić information content (AvgIpc) is 3.11. The Morgan fingerprint density at radius 3 is 2.57 bits per heavy atom. The van der Waals surface area contributed by atoms with Crippen LogP contribution in [0.15, 0.2) is 48.5 Å². The lowest BCUT2D eigenvalue weighted by Crippen LogP contribution is -2.45. The van der Waals surface area contributed by atoms with Crippen molar-refractivity contribution >= 4 is 11.9 Å². The molecule has 7 heteroatoms. The Hall–Kier alpha value is -3.06. The first-order valence-electron chi connectivity index (χ1n) is 10.4. The Morgan fingerprint density at radius 2 is 1.80 bits per heavy atom. The van der Waals surface area contributed by atoms with E-state index in [0.717, 1.165) is 48.4 Å². The molecule has 3 amide bonds. The number of carbonyl (C=O) groups is 2. The van der Waals surface area contributed by atoms with Crippen LogP contribution in [0.3, 0.4) is 0 Å². The van der Waals surface area contributed by atoms with Gasteiger partial charge in [0.05, 0.1) is 13.2 Å². The molecule has 0 unspecified atom stereocenters. The maximum Gasteiger partial charge on any atom is 0.321 e. The quantitative estimate of drug-likeness (QED) is 0.811. The summed E-state index contributed by atoms with van der Waals surface area (Å²) in [5, 5.41) is 4.92. The molecule has 2 heterocycles. The van der Waals surface area contributed by atoms with E-state index in [9.17, 15) is 9.59 Å². The van der Waals surface area contributed by atoms with Gasteiger partial charge >= 0.3 is 6.03 Å². The summed E-state index contributed by atoms with van der Waals surface area (Å²) in [5.41, 5.74) is 1.95. The standard InChI is InChI=1S/C23H27N3O4/c1-24-23(28)25-22(27)21(16-7-3-2-4-8-16)26-12-5-9-18(26)17-10-11-19-20(15-17)30-14-6-13-29-19/h2-4,7-8,10-11,15,18,21H,5-6,9,12-14H2,1H3,(H2,24,25,27,28)/t18-,21+/m1/s1. The lowest BCUT2D eigenvalue weighted by Gasteiger charge is -2.32. The molecule has 7 nitrogen and oxygen atoms in total. The van der Waals surface area contributed by atoms with Crippen molar-refractivity contribution in [3.8, 4) is 11.5 Å². The van der Waals surface area contributed by atoms with Gasteiger partial charge in [-0.2, -0.15) is 0 Å². The molecule has 0 aliphatic carbocycles. The van der Waals surface area contributed by atoms with Crippen molar-refractivity contribution in [3.05, 3.63) is 59.7 Å². The van der Waals surface area contributed by atoms with Gasteiger partial charge in [0.25, 0.3) is 0 Å². The molecule has 2 N–H and O–H groups in total. The molecule has 1 fully saturated rings. The van der Waals surface area contributed by atoms with Crippen molar-refractivity contribution in [2.45, 2.75) is 31.3 Å². The van der Waals surface area contributed by atoms with Crippen LogP contribution in [-0.2, 0) is 4.79 Å². The normalized spacial score (nSPS) is 19.6. The Labute approximate surface area is 176 Å². The summed E-state index contributed by atoms with van der Waals surface area (Å²) in [6.45, 7) is 2.05. The van der Waals surface area contributed by atoms with Crippen molar-refractivity contribution in [1.82, 2.24) is 15.5 Å². The number of benzene rings is 2. The van der Waals surface area contributed by atoms with Crippen LogP contribution in [0, 0.1) is 0 Å². The number of nitrogens with one attached hydrogen (secondary N) is 2. The van der Waals surface area contributed by atoms with Gasteiger partial charge < -0.3 is 14.8 Å². The number of rotatable bonds is 4. The Morgan fingerprint density at radius 1 is 1.03 bits per heavy atom. The second-order valence-corrected chi connectivity index (χ2v) is 7.53. The van der Waals surface area contributed by atoms with Crippen molar-refractivity contribution in [2.75, 3.05) is 26.8 Å². The topological polar surface area (TPSA) is 79.9 Å². The van der Waals surface area contributed by atoms with Gasteiger partial charge in [0.2, 0.25) is 5.91 Å². The lowest BCUT2D eigenvalue weighted by molar-refractivity contribution is -0.126. The van der Waals surface area contributed by atoms with Crippen molar-refractivity contribution in [1.29, 1.82) is 0 Å². The lowest BCUT2D eigenvalue weighted by atomic mass is 9.99. The molecule has 0 radical (unpaired) electrons. The van der Waals surface area contributed by atoms with Crippen LogP contribution in [0.1, 0.15) is 42.5 Å². The summed E-state index contributed by atoms with van der Waals surface area (Å²) >= 11 is 0. The maximum atomic E-state index is 13.1. The number of ether oxygens (including phenoxy) is 2. The molecule has 2 aliphatic heterocycles. The number of urea groups is 1. The highest BCUT2D eigenvalue weighted by molar-refractivity contribution is 5.97. The highest BCUT2D eigenvalue weighted by Crippen LogP contribution is 2.41. The Kier molecular flexibility index (Phi) is 6.18. The zero-order valence-corrected chi connectivity index (χ0v) is 17.1. The molecule has 2 aliphatic rings. The summed E-state index contributed by atoms with van der Waals surface area (Å²) in [4.78, 5) is 27.1. The molecule has 30 heavy (non-hydrogen) atoms. The van der Waals surface area contributed by atoms with Gasteiger partial charge in [0.15, 0.2) is 11.5 Å². The van der Waals surface area contributed by atoms with Gasteiger partial charge in [-0.05, 0) is 42.6 Å². The second kappa shape index (κ2) is 9.17. The number of amides is 3. The van der Waals surface area contributed by atoms with E-state index in [-0.39, 0.29) is 11.9 Å². The van der Waals surface area contributed by atoms with Gasteiger partial charge in [-0.1, -0.05) is 36.4 Å². The van der Waals surface area contributed by atoms with Crippen LogP contribution in [0.2, 0.25) is 0 Å². The molecule has 2 atom stereocenters.